The zero-order chi connectivity index (χ0) is 18.5. The molecule has 0 spiro atoms. The summed E-state index contributed by atoms with van der Waals surface area (Å²) in [6.45, 7) is 4.15. The van der Waals surface area contributed by atoms with Crippen LogP contribution in [0.25, 0.3) is 5.69 Å². The number of carbonyl (C=O) groups is 2. The molecule has 3 aromatic rings. The Kier molecular flexibility index (Phi) is 5.12. The summed E-state index contributed by atoms with van der Waals surface area (Å²) in [6.07, 6.45) is 5.25. The number of imidazole rings is 1. The van der Waals surface area contributed by atoms with Crippen molar-refractivity contribution in [3.8, 4) is 5.69 Å². The standard InChI is InChI=1S/C20H20N4O2/c1-14-8-15(2)10-17(9-14)23-20(26)19(25)22-12-16-4-3-5-18(11-16)24-7-6-21-13-24/h3-11,13H,12H2,1-2H3,(H,22,25)(H,23,26). The molecule has 0 fully saturated rings. The number of nitrogens with zero attached hydrogens (tertiary/aromatic N) is 2. The number of hydrogen-bond acceptors (Lipinski definition) is 3. The molecule has 0 radical (unpaired) electrons. The number of aromatic nitrogens is 2. The summed E-state index contributed by atoms with van der Waals surface area (Å²) in [6, 6.07) is 13.3. The number of amides is 2. The summed E-state index contributed by atoms with van der Waals surface area (Å²) in [7, 11) is 0. The van der Waals surface area contributed by atoms with Crippen LogP contribution in [0.4, 0.5) is 5.69 Å². The minimum Gasteiger partial charge on any atom is -0.344 e. The van der Waals surface area contributed by atoms with Crippen LogP contribution in [0.1, 0.15) is 16.7 Å². The average Bonchev–Trinajstić information content (AvgIpc) is 3.13. The minimum absolute atomic E-state index is 0.266. The van der Waals surface area contributed by atoms with E-state index in [1.165, 1.54) is 0 Å². The smallest absolute Gasteiger partial charge is 0.313 e. The monoisotopic (exact) mass is 348 g/mol. The first-order valence-corrected chi connectivity index (χ1v) is 8.26. The second-order valence-electron chi connectivity index (χ2n) is 6.15. The van der Waals surface area contributed by atoms with Crippen molar-refractivity contribution in [3.63, 3.8) is 0 Å². The van der Waals surface area contributed by atoms with E-state index < -0.39 is 11.8 Å². The van der Waals surface area contributed by atoms with E-state index in [2.05, 4.69) is 15.6 Å². The lowest BCUT2D eigenvalue weighted by molar-refractivity contribution is -0.136. The topological polar surface area (TPSA) is 76.0 Å². The van der Waals surface area contributed by atoms with Crippen molar-refractivity contribution in [2.24, 2.45) is 0 Å². The molecule has 2 aromatic carbocycles. The number of benzene rings is 2. The molecule has 0 aliphatic rings. The Balaban J connectivity index is 1.60. The van der Waals surface area contributed by atoms with Crippen molar-refractivity contribution in [1.29, 1.82) is 0 Å². The lowest BCUT2D eigenvalue weighted by atomic mass is 10.1. The Hall–Kier alpha value is -3.41. The van der Waals surface area contributed by atoms with Gasteiger partial charge in [-0.25, -0.2) is 4.98 Å². The molecule has 6 nitrogen and oxygen atoms in total. The molecule has 2 amide bonds. The molecule has 1 aromatic heterocycles. The first-order chi connectivity index (χ1) is 12.5. The zero-order valence-electron chi connectivity index (χ0n) is 14.7. The minimum atomic E-state index is -0.680. The number of aryl methyl sites for hydroxylation is 2. The second-order valence-corrected chi connectivity index (χ2v) is 6.15. The van der Waals surface area contributed by atoms with Crippen LogP contribution < -0.4 is 10.6 Å². The fraction of sp³-hybridized carbons (Fsp3) is 0.150. The van der Waals surface area contributed by atoms with Crippen LogP contribution >= 0.6 is 0 Å². The van der Waals surface area contributed by atoms with Gasteiger partial charge in [-0.1, -0.05) is 18.2 Å². The van der Waals surface area contributed by atoms with Gasteiger partial charge >= 0.3 is 11.8 Å². The number of nitrogens with one attached hydrogen (secondary N) is 2. The van der Waals surface area contributed by atoms with Crippen molar-refractivity contribution in [3.05, 3.63) is 77.9 Å². The van der Waals surface area contributed by atoms with E-state index in [9.17, 15) is 9.59 Å². The van der Waals surface area contributed by atoms with Crippen molar-refractivity contribution < 1.29 is 9.59 Å². The Labute approximate surface area is 151 Å². The molecule has 3 rings (SSSR count). The summed E-state index contributed by atoms with van der Waals surface area (Å²) < 4.78 is 1.87. The molecule has 0 saturated carbocycles. The van der Waals surface area contributed by atoms with Gasteiger partial charge in [0, 0.05) is 30.3 Å². The molecule has 0 unspecified atom stereocenters. The lowest BCUT2D eigenvalue weighted by Gasteiger charge is -2.09. The maximum Gasteiger partial charge on any atom is 0.313 e. The molecule has 0 atom stereocenters. The van der Waals surface area contributed by atoms with E-state index in [-0.39, 0.29) is 6.54 Å². The van der Waals surface area contributed by atoms with E-state index in [4.69, 9.17) is 0 Å². The number of carbonyl (C=O) groups excluding carboxylic acids is 2. The van der Waals surface area contributed by atoms with Crippen LogP contribution in [-0.2, 0) is 16.1 Å². The molecule has 26 heavy (non-hydrogen) atoms. The van der Waals surface area contributed by atoms with Gasteiger partial charge in [-0.2, -0.15) is 0 Å². The van der Waals surface area contributed by atoms with Gasteiger partial charge in [-0.15, -0.1) is 0 Å². The number of rotatable bonds is 4. The highest BCUT2D eigenvalue weighted by Crippen LogP contribution is 2.14. The predicted octanol–water partition coefficient (Wildman–Crippen LogP) is 2.74. The van der Waals surface area contributed by atoms with Crippen LogP contribution in [0.2, 0.25) is 0 Å². The fourth-order valence-electron chi connectivity index (χ4n) is 2.74. The Morgan fingerprint density at radius 2 is 1.81 bits per heavy atom. The zero-order valence-corrected chi connectivity index (χ0v) is 14.7. The van der Waals surface area contributed by atoms with Crippen molar-refractivity contribution in [2.45, 2.75) is 20.4 Å². The second kappa shape index (κ2) is 7.65. The molecule has 6 heteroatoms. The molecule has 0 aliphatic heterocycles. The van der Waals surface area contributed by atoms with Gasteiger partial charge in [0.05, 0.1) is 6.33 Å². The van der Waals surface area contributed by atoms with Crippen LogP contribution in [0, 0.1) is 13.8 Å². The first kappa shape index (κ1) is 17.4. The normalized spacial score (nSPS) is 10.4. The van der Waals surface area contributed by atoms with Gasteiger partial charge in [0.25, 0.3) is 0 Å². The lowest BCUT2D eigenvalue weighted by Crippen LogP contribution is -2.35. The summed E-state index contributed by atoms with van der Waals surface area (Å²) in [5, 5.41) is 5.27. The highest BCUT2D eigenvalue weighted by Gasteiger charge is 2.13. The van der Waals surface area contributed by atoms with Crippen molar-refractivity contribution >= 4 is 17.5 Å². The molecule has 2 N–H and O–H groups in total. The third kappa shape index (κ3) is 4.36. The highest BCUT2D eigenvalue weighted by atomic mass is 16.2. The number of anilines is 1. The van der Waals surface area contributed by atoms with E-state index >= 15 is 0 Å². The average molecular weight is 348 g/mol. The van der Waals surface area contributed by atoms with Crippen LogP contribution in [0.15, 0.2) is 61.2 Å². The van der Waals surface area contributed by atoms with Gasteiger partial charge in [0.2, 0.25) is 0 Å². The van der Waals surface area contributed by atoms with E-state index in [0.29, 0.717) is 5.69 Å². The van der Waals surface area contributed by atoms with Gasteiger partial charge in [0.15, 0.2) is 0 Å². The molecular weight excluding hydrogens is 328 g/mol. The summed E-state index contributed by atoms with van der Waals surface area (Å²) in [5.74, 6) is -1.35. The Morgan fingerprint density at radius 3 is 2.50 bits per heavy atom. The van der Waals surface area contributed by atoms with Gasteiger partial charge in [0.1, 0.15) is 0 Å². The Bertz CT molecular complexity index is 912. The first-order valence-electron chi connectivity index (χ1n) is 8.26. The molecule has 0 bridgehead atoms. The van der Waals surface area contributed by atoms with Gasteiger partial charge in [-0.05, 0) is 54.8 Å². The third-order valence-corrected chi connectivity index (χ3v) is 3.85. The predicted molar refractivity (Wildman–Crippen MR) is 100.0 cm³/mol. The largest absolute Gasteiger partial charge is 0.344 e. The van der Waals surface area contributed by atoms with Gasteiger partial charge in [-0.3, -0.25) is 9.59 Å². The summed E-state index contributed by atoms with van der Waals surface area (Å²) >= 11 is 0. The van der Waals surface area contributed by atoms with Gasteiger partial charge < -0.3 is 15.2 Å². The van der Waals surface area contributed by atoms with Crippen molar-refractivity contribution in [1.82, 2.24) is 14.9 Å². The van der Waals surface area contributed by atoms with Crippen LogP contribution in [0.5, 0.6) is 0 Å². The molecule has 0 saturated heterocycles. The highest BCUT2D eigenvalue weighted by molar-refractivity contribution is 6.39. The maximum atomic E-state index is 12.1. The van der Waals surface area contributed by atoms with E-state index in [0.717, 1.165) is 22.4 Å². The van der Waals surface area contributed by atoms with Crippen molar-refractivity contribution in [2.75, 3.05) is 5.32 Å². The number of hydrogen-bond donors (Lipinski definition) is 2. The van der Waals surface area contributed by atoms with E-state index in [1.807, 2.05) is 67.1 Å². The quantitative estimate of drug-likeness (QED) is 0.712. The molecule has 0 aliphatic carbocycles. The maximum absolute atomic E-state index is 12.1. The molecular formula is C20H20N4O2. The summed E-state index contributed by atoms with van der Waals surface area (Å²) in [5.41, 5.74) is 4.50. The molecule has 1 heterocycles. The Morgan fingerprint density at radius 1 is 1.04 bits per heavy atom. The molecule has 132 valence electrons. The SMILES string of the molecule is Cc1cc(C)cc(NC(=O)C(=O)NCc2cccc(-n3ccnc3)c2)c1. The fourth-order valence-corrected chi connectivity index (χ4v) is 2.74. The third-order valence-electron chi connectivity index (χ3n) is 3.85. The summed E-state index contributed by atoms with van der Waals surface area (Å²) in [4.78, 5) is 28.2. The van der Waals surface area contributed by atoms with E-state index in [1.54, 1.807) is 12.5 Å². The van der Waals surface area contributed by atoms with Crippen LogP contribution in [0.3, 0.4) is 0 Å². The van der Waals surface area contributed by atoms with Crippen LogP contribution in [-0.4, -0.2) is 21.4 Å².